The monoisotopic (exact) mass is 390 g/mol. The fraction of sp³-hybridized carbons (Fsp3) is 0.381. The first kappa shape index (κ1) is 19.2. The van der Waals surface area contributed by atoms with E-state index in [0.717, 1.165) is 38.0 Å². The van der Waals surface area contributed by atoms with E-state index in [1.54, 1.807) is 0 Å². The summed E-state index contributed by atoms with van der Waals surface area (Å²) >= 11 is 12.1. The molecule has 0 aliphatic carbocycles. The average Bonchev–Trinajstić information content (AvgIpc) is 2.64. The minimum absolute atomic E-state index is 0.101. The Bertz CT molecular complexity index is 770. The van der Waals surface area contributed by atoms with Crippen LogP contribution in [0.2, 0.25) is 10.0 Å². The smallest absolute Gasteiger partial charge is 0.223 e. The van der Waals surface area contributed by atoms with Crippen LogP contribution in [0, 0.1) is 12.8 Å². The van der Waals surface area contributed by atoms with Gasteiger partial charge in [-0.15, -0.1) is 0 Å². The Labute approximate surface area is 165 Å². The van der Waals surface area contributed by atoms with Crippen LogP contribution in [0.5, 0.6) is 0 Å². The Balaban J connectivity index is 1.46. The van der Waals surface area contributed by atoms with E-state index in [9.17, 15) is 4.79 Å². The summed E-state index contributed by atoms with van der Waals surface area (Å²) in [6.07, 6.45) is 1.78. The highest BCUT2D eigenvalue weighted by atomic mass is 35.5. The van der Waals surface area contributed by atoms with E-state index < -0.39 is 0 Å². The molecule has 5 heteroatoms. The number of carbonyl (C=O) groups excluding carboxylic acids is 1. The number of halogens is 2. The van der Waals surface area contributed by atoms with Gasteiger partial charge < -0.3 is 5.32 Å². The number of likely N-dealkylation sites (tertiary alicyclic amines) is 1. The van der Waals surface area contributed by atoms with Crippen molar-refractivity contribution in [2.45, 2.75) is 32.9 Å². The van der Waals surface area contributed by atoms with Gasteiger partial charge in [-0.3, -0.25) is 9.69 Å². The molecule has 3 rings (SSSR count). The summed E-state index contributed by atoms with van der Waals surface area (Å²) < 4.78 is 0. The van der Waals surface area contributed by atoms with Crippen LogP contribution in [0.4, 0.5) is 0 Å². The lowest BCUT2D eigenvalue weighted by molar-refractivity contribution is -0.126. The van der Waals surface area contributed by atoms with E-state index in [0.29, 0.717) is 16.6 Å². The van der Waals surface area contributed by atoms with E-state index in [2.05, 4.69) is 29.3 Å². The van der Waals surface area contributed by atoms with Gasteiger partial charge in [0.2, 0.25) is 5.91 Å². The number of nitrogens with zero attached hydrogens (tertiary/aromatic N) is 1. The Morgan fingerprint density at radius 2 is 1.85 bits per heavy atom. The highest BCUT2D eigenvalue weighted by molar-refractivity contribution is 6.42. The predicted molar refractivity (Wildman–Crippen MR) is 107 cm³/mol. The zero-order valence-corrected chi connectivity index (χ0v) is 16.5. The summed E-state index contributed by atoms with van der Waals surface area (Å²) in [4.78, 5) is 14.8. The molecule has 0 bridgehead atoms. The molecule has 1 aliphatic rings. The maximum Gasteiger partial charge on any atom is 0.223 e. The second kappa shape index (κ2) is 8.90. The standard InChI is InChI=1S/C21H24Cl2N2O/c1-15-4-2-3-5-18(15)13-24-21(26)17-8-10-25(11-9-17)14-16-6-7-19(22)20(23)12-16/h2-7,12,17H,8-11,13-14H2,1H3,(H,24,26). The molecule has 1 aliphatic heterocycles. The van der Waals surface area contributed by atoms with Crippen LogP contribution in [0.25, 0.3) is 0 Å². The fourth-order valence-corrected chi connectivity index (χ4v) is 3.71. The van der Waals surface area contributed by atoms with Crippen LogP contribution in [-0.2, 0) is 17.9 Å². The molecule has 138 valence electrons. The summed E-state index contributed by atoms with van der Waals surface area (Å²) in [5.74, 6) is 0.270. The number of carbonyl (C=O) groups is 1. The molecule has 2 aromatic carbocycles. The maximum atomic E-state index is 12.5. The van der Waals surface area contributed by atoms with Crippen LogP contribution in [-0.4, -0.2) is 23.9 Å². The summed E-state index contributed by atoms with van der Waals surface area (Å²) in [6.45, 7) is 5.36. The molecule has 1 N–H and O–H groups in total. The van der Waals surface area contributed by atoms with Crippen LogP contribution in [0.3, 0.4) is 0 Å². The van der Waals surface area contributed by atoms with Gasteiger partial charge in [0.15, 0.2) is 0 Å². The minimum atomic E-state index is 0.101. The topological polar surface area (TPSA) is 32.3 Å². The first-order valence-corrected chi connectivity index (χ1v) is 9.77. The quantitative estimate of drug-likeness (QED) is 0.792. The van der Waals surface area contributed by atoms with Crippen molar-refractivity contribution in [2.75, 3.05) is 13.1 Å². The molecule has 0 saturated carbocycles. The highest BCUT2D eigenvalue weighted by Crippen LogP contribution is 2.25. The van der Waals surface area contributed by atoms with E-state index >= 15 is 0 Å². The van der Waals surface area contributed by atoms with Crippen LogP contribution < -0.4 is 5.32 Å². The van der Waals surface area contributed by atoms with Gasteiger partial charge in [-0.25, -0.2) is 0 Å². The molecule has 0 atom stereocenters. The van der Waals surface area contributed by atoms with Gasteiger partial charge in [0.05, 0.1) is 10.0 Å². The van der Waals surface area contributed by atoms with Crippen LogP contribution in [0.15, 0.2) is 42.5 Å². The van der Waals surface area contributed by atoms with Crippen LogP contribution in [0.1, 0.15) is 29.5 Å². The number of hydrogen-bond donors (Lipinski definition) is 1. The van der Waals surface area contributed by atoms with Crippen molar-refractivity contribution in [1.29, 1.82) is 0 Å². The maximum absolute atomic E-state index is 12.5. The molecule has 3 nitrogen and oxygen atoms in total. The van der Waals surface area contributed by atoms with Gasteiger partial charge in [0.1, 0.15) is 0 Å². The third-order valence-electron chi connectivity index (χ3n) is 5.06. The lowest BCUT2D eigenvalue weighted by atomic mass is 9.95. The van der Waals surface area contributed by atoms with E-state index in [4.69, 9.17) is 23.2 Å². The molecular weight excluding hydrogens is 367 g/mol. The summed E-state index contributed by atoms with van der Waals surface area (Å²) in [6, 6.07) is 13.9. The Morgan fingerprint density at radius 1 is 1.12 bits per heavy atom. The lowest BCUT2D eigenvalue weighted by Gasteiger charge is -2.31. The highest BCUT2D eigenvalue weighted by Gasteiger charge is 2.24. The van der Waals surface area contributed by atoms with Gasteiger partial charge >= 0.3 is 0 Å². The summed E-state index contributed by atoms with van der Waals surface area (Å²) in [5.41, 5.74) is 3.55. The predicted octanol–water partition coefficient (Wildman–Crippen LogP) is 4.83. The van der Waals surface area contributed by atoms with Crippen molar-refractivity contribution in [2.24, 2.45) is 5.92 Å². The van der Waals surface area contributed by atoms with Gasteiger partial charge in [0.25, 0.3) is 0 Å². The van der Waals surface area contributed by atoms with Crippen molar-refractivity contribution in [3.63, 3.8) is 0 Å². The van der Waals surface area contributed by atoms with E-state index in [1.165, 1.54) is 11.1 Å². The number of hydrogen-bond acceptors (Lipinski definition) is 2. The largest absolute Gasteiger partial charge is 0.352 e. The fourth-order valence-electron chi connectivity index (χ4n) is 3.38. The Morgan fingerprint density at radius 3 is 2.54 bits per heavy atom. The number of benzene rings is 2. The molecule has 0 spiro atoms. The van der Waals surface area contributed by atoms with Gasteiger partial charge in [-0.1, -0.05) is 53.5 Å². The molecule has 0 unspecified atom stereocenters. The van der Waals surface area contributed by atoms with Crippen molar-refractivity contribution in [3.05, 3.63) is 69.2 Å². The minimum Gasteiger partial charge on any atom is -0.352 e. The molecule has 2 aromatic rings. The number of amides is 1. The normalized spacial score (nSPS) is 15.8. The Hall–Kier alpha value is -1.55. The lowest BCUT2D eigenvalue weighted by Crippen LogP contribution is -2.40. The molecule has 1 heterocycles. The molecule has 0 radical (unpaired) electrons. The van der Waals surface area contributed by atoms with Crippen molar-refractivity contribution in [1.82, 2.24) is 10.2 Å². The SMILES string of the molecule is Cc1ccccc1CNC(=O)C1CCN(Cc2ccc(Cl)c(Cl)c2)CC1. The van der Waals surface area contributed by atoms with Gasteiger partial charge in [0, 0.05) is 19.0 Å². The number of rotatable bonds is 5. The zero-order valence-electron chi connectivity index (χ0n) is 15.0. The van der Waals surface area contributed by atoms with Gasteiger partial charge in [-0.2, -0.15) is 0 Å². The van der Waals surface area contributed by atoms with Gasteiger partial charge in [-0.05, 0) is 61.7 Å². The molecular formula is C21H24Cl2N2O. The second-order valence-electron chi connectivity index (χ2n) is 6.94. The van der Waals surface area contributed by atoms with Crippen molar-refractivity contribution < 1.29 is 4.79 Å². The van der Waals surface area contributed by atoms with Crippen LogP contribution >= 0.6 is 23.2 Å². The molecule has 1 amide bonds. The molecule has 0 aromatic heterocycles. The van der Waals surface area contributed by atoms with Crippen molar-refractivity contribution in [3.8, 4) is 0 Å². The second-order valence-corrected chi connectivity index (χ2v) is 7.76. The first-order chi connectivity index (χ1) is 12.5. The summed E-state index contributed by atoms with van der Waals surface area (Å²) in [7, 11) is 0. The number of aryl methyl sites for hydroxylation is 1. The van der Waals surface area contributed by atoms with Crippen molar-refractivity contribution >= 4 is 29.1 Å². The molecule has 26 heavy (non-hydrogen) atoms. The third kappa shape index (κ3) is 5.00. The molecule has 1 fully saturated rings. The zero-order chi connectivity index (χ0) is 18.5. The first-order valence-electron chi connectivity index (χ1n) is 9.01. The number of piperidine rings is 1. The summed E-state index contributed by atoms with van der Waals surface area (Å²) in [5, 5.41) is 4.27. The van der Waals surface area contributed by atoms with E-state index in [-0.39, 0.29) is 11.8 Å². The third-order valence-corrected chi connectivity index (χ3v) is 5.80. The van der Waals surface area contributed by atoms with E-state index in [1.807, 2.05) is 30.3 Å². The number of nitrogens with one attached hydrogen (secondary N) is 1. The molecule has 1 saturated heterocycles. The Kier molecular flexibility index (Phi) is 6.58. The average molecular weight is 391 g/mol.